The number of aromatic amines is 1. The number of fused-ring (bicyclic) bond motifs is 1. The number of likely N-dealkylation sites (tertiary alicyclic amines) is 1. The van der Waals surface area contributed by atoms with Gasteiger partial charge in [-0.3, -0.25) is 4.98 Å². The molecule has 0 bridgehead atoms. The molecule has 0 unspecified atom stereocenters. The number of halogens is 3. The molecule has 28 heavy (non-hydrogen) atoms. The van der Waals surface area contributed by atoms with Gasteiger partial charge >= 0.3 is 11.9 Å². The monoisotopic (exact) mass is 409 g/mol. The van der Waals surface area contributed by atoms with Gasteiger partial charge in [0.2, 0.25) is 0 Å². The van der Waals surface area contributed by atoms with E-state index in [1.165, 1.54) is 12.1 Å². The number of benzene rings is 1. The Morgan fingerprint density at radius 1 is 1.14 bits per heavy atom. The molecule has 1 N–H and O–H groups in total. The summed E-state index contributed by atoms with van der Waals surface area (Å²) in [6.07, 6.45) is 0.350. The fraction of sp³-hybridized carbons (Fsp3) is 0.500. The van der Waals surface area contributed by atoms with Gasteiger partial charge in [-0.2, -0.15) is 13.2 Å². The highest BCUT2D eigenvalue weighted by molar-refractivity contribution is 7.71. The van der Waals surface area contributed by atoms with E-state index in [9.17, 15) is 18.0 Å². The van der Waals surface area contributed by atoms with Gasteiger partial charge in [-0.25, -0.2) is 4.79 Å². The molecular formula is C20H22F3N3OS. The molecule has 4 rings (SSSR count). The smallest absolute Gasteiger partial charge is 0.302 e. The van der Waals surface area contributed by atoms with Crippen LogP contribution in [0.25, 0.3) is 0 Å². The number of piperidine rings is 1. The molecule has 2 aliphatic rings. The molecule has 1 aliphatic carbocycles. The number of rotatable bonds is 6. The van der Waals surface area contributed by atoms with E-state index < -0.39 is 11.7 Å². The Morgan fingerprint density at radius 2 is 1.86 bits per heavy atom. The van der Waals surface area contributed by atoms with E-state index >= 15 is 0 Å². The summed E-state index contributed by atoms with van der Waals surface area (Å²) in [5, 5.41) is 0. The first-order chi connectivity index (χ1) is 13.3. The summed E-state index contributed by atoms with van der Waals surface area (Å²) < 4.78 is 40.4. The van der Waals surface area contributed by atoms with E-state index in [0.29, 0.717) is 17.1 Å². The highest BCUT2D eigenvalue weighted by Crippen LogP contribution is 2.59. The average Bonchev–Trinajstić information content (AvgIpc) is 3.21. The number of nitrogens with one attached hydrogen (secondary N) is 1. The van der Waals surface area contributed by atoms with Crippen LogP contribution in [0.1, 0.15) is 30.4 Å². The molecule has 0 amide bonds. The third-order valence-corrected chi connectivity index (χ3v) is 6.26. The standard InChI is InChI=1S/C20H22F3N3OS/c21-20(22,23)15-5-3-14(4-6-15)19-11-16(19)12-25(13-19)8-1-2-9-26-10-7-17(28)24-18(26)27/h3-7,10,16H,1-2,8-9,11-13H2,(H,24,27,28)/t16-,19+/m0/s1. The van der Waals surface area contributed by atoms with Crippen LogP contribution in [0.2, 0.25) is 0 Å². The highest BCUT2D eigenvalue weighted by Gasteiger charge is 2.60. The van der Waals surface area contributed by atoms with Crippen molar-refractivity contribution >= 4 is 12.2 Å². The van der Waals surface area contributed by atoms with Gasteiger partial charge in [-0.05, 0) is 55.5 Å². The van der Waals surface area contributed by atoms with E-state index in [1.807, 2.05) is 0 Å². The molecule has 2 atom stereocenters. The molecular weight excluding hydrogens is 387 g/mol. The first-order valence-electron chi connectivity index (χ1n) is 9.48. The van der Waals surface area contributed by atoms with Crippen molar-refractivity contribution in [3.8, 4) is 0 Å². The lowest BCUT2D eigenvalue weighted by Crippen LogP contribution is -2.28. The lowest BCUT2D eigenvalue weighted by atomic mass is 9.94. The summed E-state index contributed by atoms with van der Waals surface area (Å²) in [6.45, 7) is 3.49. The first-order valence-corrected chi connectivity index (χ1v) is 9.89. The maximum atomic E-state index is 12.8. The van der Waals surface area contributed by atoms with E-state index in [1.54, 1.807) is 29.0 Å². The van der Waals surface area contributed by atoms with Crippen molar-refractivity contribution in [2.75, 3.05) is 19.6 Å². The Kier molecular flexibility index (Phi) is 4.95. The van der Waals surface area contributed by atoms with Gasteiger partial charge in [0, 0.05) is 31.2 Å². The van der Waals surface area contributed by atoms with Crippen LogP contribution in [0.15, 0.2) is 41.3 Å². The van der Waals surface area contributed by atoms with Crippen molar-refractivity contribution in [3.63, 3.8) is 0 Å². The minimum atomic E-state index is -4.29. The molecule has 2 aromatic rings. The van der Waals surface area contributed by atoms with E-state index in [4.69, 9.17) is 12.2 Å². The fourth-order valence-corrected chi connectivity index (χ4v) is 4.58. The zero-order valence-electron chi connectivity index (χ0n) is 15.3. The number of aromatic nitrogens is 2. The number of alkyl halides is 3. The Hall–Kier alpha value is -1.93. The number of aryl methyl sites for hydroxylation is 1. The second-order valence-electron chi connectivity index (χ2n) is 7.88. The number of hydrogen-bond acceptors (Lipinski definition) is 3. The summed E-state index contributed by atoms with van der Waals surface area (Å²) in [5.74, 6) is 0.543. The van der Waals surface area contributed by atoms with Gasteiger partial charge in [0.25, 0.3) is 0 Å². The number of unbranched alkanes of at least 4 members (excludes halogenated alkanes) is 1. The average molecular weight is 409 g/mol. The quantitative estimate of drug-likeness (QED) is 0.580. The molecule has 1 aromatic heterocycles. The van der Waals surface area contributed by atoms with Gasteiger partial charge < -0.3 is 9.47 Å². The third-order valence-electron chi connectivity index (χ3n) is 6.02. The predicted octanol–water partition coefficient (Wildman–Crippen LogP) is 3.98. The molecule has 1 aliphatic heterocycles. The van der Waals surface area contributed by atoms with Crippen LogP contribution in [0.4, 0.5) is 13.2 Å². The fourth-order valence-electron chi connectivity index (χ4n) is 4.43. The zero-order chi connectivity index (χ0) is 19.9. The van der Waals surface area contributed by atoms with Crippen molar-refractivity contribution in [1.82, 2.24) is 14.5 Å². The third kappa shape index (κ3) is 3.80. The molecule has 0 radical (unpaired) electrons. The van der Waals surface area contributed by atoms with Gasteiger partial charge in [0.05, 0.1) is 5.56 Å². The van der Waals surface area contributed by atoms with E-state index in [0.717, 1.165) is 44.5 Å². The Balaban J connectivity index is 1.29. The predicted molar refractivity (Wildman–Crippen MR) is 103 cm³/mol. The topological polar surface area (TPSA) is 41.0 Å². The minimum absolute atomic E-state index is 0.0370. The Morgan fingerprint density at radius 3 is 2.54 bits per heavy atom. The molecule has 0 spiro atoms. The van der Waals surface area contributed by atoms with Crippen LogP contribution in [-0.4, -0.2) is 34.1 Å². The van der Waals surface area contributed by atoms with Crippen LogP contribution in [0, 0.1) is 10.6 Å². The van der Waals surface area contributed by atoms with Crippen molar-refractivity contribution < 1.29 is 13.2 Å². The molecule has 1 aromatic carbocycles. The maximum Gasteiger partial charge on any atom is 0.416 e. The Bertz CT molecular complexity index is 966. The van der Waals surface area contributed by atoms with Gasteiger partial charge in [0.15, 0.2) is 0 Å². The van der Waals surface area contributed by atoms with Gasteiger partial charge in [-0.15, -0.1) is 0 Å². The Labute approximate surface area is 166 Å². The summed E-state index contributed by atoms with van der Waals surface area (Å²) >= 11 is 4.93. The van der Waals surface area contributed by atoms with E-state index in [2.05, 4.69) is 9.88 Å². The SMILES string of the molecule is O=c1[nH]c(=S)ccn1CCCCN1C[C@@H]2C[C@]2(c2ccc(C(F)(F)F)cc2)C1. The van der Waals surface area contributed by atoms with E-state index in [-0.39, 0.29) is 11.1 Å². The highest BCUT2D eigenvalue weighted by atomic mass is 32.1. The maximum absolute atomic E-state index is 12.8. The van der Waals surface area contributed by atoms with Crippen molar-refractivity contribution in [2.45, 2.75) is 37.4 Å². The largest absolute Gasteiger partial charge is 0.416 e. The van der Waals surface area contributed by atoms with Crippen LogP contribution < -0.4 is 5.69 Å². The van der Waals surface area contributed by atoms with Gasteiger partial charge in [0.1, 0.15) is 4.64 Å². The molecule has 2 heterocycles. The zero-order valence-corrected chi connectivity index (χ0v) is 16.2. The summed E-state index contributed by atoms with van der Waals surface area (Å²) in [6, 6.07) is 7.41. The molecule has 4 nitrogen and oxygen atoms in total. The summed E-state index contributed by atoms with van der Waals surface area (Å²) in [7, 11) is 0. The van der Waals surface area contributed by atoms with Gasteiger partial charge in [-0.1, -0.05) is 24.4 Å². The summed E-state index contributed by atoms with van der Waals surface area (Å²) in [4.78, 5) is 16.8. The minimum Gasteiger partial charge on any atom is -0.302 e. The lowest BCUT2D eigenvalue weighted by molar-refractivity contribution is -0.137. The van der Waals surface area contributed by atoms with Crippen LogP contribution >= 0.6 is 12.2 Å². The molecule has 2 fully saturated rings. The van der Waals surface area contributed by atoms with Crippen LogP contribution in [0.3, 0.4) is 0 Å². The summed E-state index contributed by atoms with van der Waals surface area (Å²) in [5.41, 5.74) is 0.293. The normalized spacial score (nSPS) is 24.3. The molecule has 1 saturated heterocycles. The number of nitrogens with zero attached hydrogens (tertiary/aromatic N) is 2. The second kappa shape index (κ2) is 7.15. The van der Waals surface area contributed by atoms with Crippen LogP contribution in [-0.2, 0) is 18.1 Å². The van der Waals surface area contributed by atoms with Crippen molar-refractivity contribution in [1.29, 1.82) is 0 Å². The molecule has 1 saturated carbocycles. The molecule has 8 heteroatoms. The van der Waals surface area contributed by atoms with Crippen LogP contribution in [0.5, 0.6) is 0 Å². The first kappa shape index (κ1) is 19.4. The molecule has 150 valence electrons. The number of H-pyrrole nitrogens is 1. The van der Waals surface area contributed by atoms with Crippen molar-refractivity contribution in [2.24, 2.45) is 5.92 Å². The number of hydrogen-bond donors (Lipinski definition) is 1. The van der Waals surface area contributed by atoms with Crippen molar-refractivity contribution in [3.05, 3.63) is 62.8 Å². The second-order valence-corrected chi connectivity index (χ2v) is 8.32. The lowest BCUT2D eigenvalue weighted by Gasteiger charge is -2.21.